The summed E-state index contributed by atoms with van der Waals surface area (Å²) < 4.78 is 27.5. The van der Waals surface area contributed by atoms with Gasteiger partial charge in [-0.05, 0) is 43.3 Å². The van der Waals surface area contributed by atoms with Gasteiger partial charge in [0.2, 0.25) is 0 Å². The van der Waals surface area contributed by atoms with Crippen molar-refractivity contribution >= 4 is 28.7 Å². The molecule has 1 aliphatic heterocycles. The Morgan fingerprint density at radius 1 is 1.26 bits per heavy atom. The van der Waals surface area contributed by atoms with E-state index in [2.05, 4.69) is 9.97 Å². The molecule has 2 aromatic rings. The van der Waals surface area contributed by atoms with Crippen molar-refractivity contribution in [2.45, 2.75) is 19.8 Å². The Bertz CT molecular complexity index is 908. The van der Waals surface area contributed by atoms with Gasteiger partial charge in [0, 0.05) is 19.3 Å². The minimum Gasteiger partial charge on any atom is -0.376 e. The molecule has 0 spiro atoms. The molecule has 1 aromatic heterocycles. The molecule has 0 aliphatic carbocycles. The first-order valence-corrected chi connectivity index (χ1v) is 8.79. The monoisotopic (exact) mass is 388 g/mol. The predicted molar refractivity (Wildman–Crippen MR) is 102 cm³/mol. The second kappa shape index (κ2) is 7.87. The van der Waals surface area contributed by atoms with Gasteiger partial charge in [-0.3, -0.25) is 14.8 Å². The lowest BCUT2D eigenvalue weighted by atomic mass is 9.99. The second-order valence-corrected chi connectivity index (χ2v) is 6.78. The van der Waals surface area contributed by atoms with Crippen molar-refractivity contribution in [3.8, 4) is 0 Å². The van der Waals surface area contributed by atoms with Crippen molar-refractivity contribution in [3.63, 3.8) is 0 Å². The summed E-state index contributed by atoms with van der Waals surface area (Å²) in [5, 5.41) is 0.335. The van der Waals surface area contributed by atoms with Gasteiger partial charge in [0.1, 0.15) is 11.6 Å². The molecular weight excluding hydrogens is 370 g/mol. The zero-order valence-electron chi connectivity index (χ0n) is 14.7. The van der Waals surface area contributed by atoms with E-state index in [1.54, 1.807) is 6.20 Å². The minimum absolute atomic E-state index is 0.234. The Labute approximate surface area is 160 Å². The minimum atomic E-state index is -0.884. The van der Waals surface area contributed by atoms with Crippen LogP contribution in [0.3, 0.4) is 0 Å². The first-order valence-electron chi connectivity index (χ1n) is 8.38. The predicted octanol–water partition coefficient (Wildman–Crippen LogP) is 2.90. The first kappa shape index (κ1) is 19.0. The number of benzene rings is 1. The molecule has 3 rings (SSSR count). The van der Waals surface area contributed by atoms with E-state index in [0.717, 1.165) is 30.7 Å². The van der Waals surface area contributed by atoms with E-state index in [4.69, 9.17) is 18.0 Å². The van der Waals surface area contributed by atoms with Crippen LogP contribution in [0.1, 0.15) is 35.1 Å². The maximum atomic E-state index is 13.7. The lowest BCUT2D eigenvalue weighted by Crippen LogP contribution is -2.39. The average molecular weight is 388 g/mol. The summed E-state index contributed by atoms with van der Waals surface area (Å²) in [5.74, 6) is -2.45. The van der Waals surface area contributed by atoms with E-state index in [9.17, 15) is 13.6 Å². The van der Waals surface area contributed by atoms with Crippen LogP contribution in [0.4, 0.5) is 8.78 Å². The summed E-state index contributed by atoms with van der Waals surface area (Å²) in [4.78, 5) is 22.7. The molecule has 0 amide bonds. The normalized spacial score (nSPS) is 14.4. The molecule has 0 saturated carbocycles. The second-order valence-electron chi connectivity index (χ2n) is 6.36. The lowest BCUT2D eigenvalue weighted by Gasteiger charge is -2.30. The summed E-state index contributed by atoms with van der Waals surface area (Å²) in [7, 11) is 0. The smallest absolute Gasteiger partial charge is 0.174 e. The third kappa shape index (κ3) is 4.16. The van der Waals surface area contributed by atoms with Gasteiger partial charge in [0.15, 0.2) is 10.9 Å². The maximum Gasteiger partial charge on any atom is 0.174 e. The Hall–Kier alpha value is -2.74. The fourth-order valence-electron chi connectivity index (χ4n) is 2.97. The van der Waals surface area contributed by atoms with Crippen LogP contribution in [0.2, 0.25) is 0 Å². The van der Waals surface area contributed by atoms with Crippen molar-refractivity contribution in [3.05, 3.63) is 64.8 Å². The Morgan fingerprint density at radius 3 is 2.56 bits per heavy atom. The van der Waals surface area contributed by atoms with Gasteiger partial charge in [-0.2, -0.15) is 0 Å². The molecule has 27 heavy (non-hydrogen) atoms. The molecule has 0 unspecified atom stereocenters. The van der Waals surface area contributed by atoms with Crippen molar-refractivity contribution in [1.82, 2.24) is 14.9 Å². The number of rotatable bonds is 4. The summed E-state index contributed by atoms with van der Waals surface area (Å²) >= 11 is 5.04. The molecule has 0 fully saturated rings. The zero-order valence-corrected chi connectivity index (χ0v) is 15.5. The quantitative estimate of drug-likeness (QED) is 0.641. The van der Waals surface area contributed by atoms with Crippen molar-refractivity contribution in [2.75, 3.05) is 13.1 Å². The SMILES string of the molecule is CC1=C(c2cnc(CC(=O)c3c(F)cccc3F)cn2)CN(C(N)=S)CC1. The Kier molecular flexibility index (Phi) is 5.55. The molecule has 0 atom stereocenters. The largest absolute Gasteiger partial charge is 0.376 e. The average Bonchev–Trinajstić information content (AvgIpc) is 2.62. The number of halogens is 2. The number of thiocarbonyl (C=S) groups is 1. The molecule has 1 aliphatic rings. The number of nitrogens with zero attached hydrogens (tertiary/aromatic N) is 3. The van der Waals surface area contributed by atoms with Crippen LogP contribution in [0.15, 0.2) is 36.2 Å². The maximum absolute atomic E-state index is 13.7. The number of ketones is 1. The van der Waals surface area contributed by atoms with Crippen LogP contribution in [-0.4, -0.2) is 38.9 Å². The van der Waals surface area contributed by atoms with Crippen molar-refractivity contribution in [2.24, 2.45) is 5.73 Å². The van der Waals surface area contributed by atoms with Gasteiger partial charge in [0.25, 0.3) is 0 Å². The number of hydrogen-bond donors (Lipinski definition) is 1. The van der Waals surface area contributed by atoms with Crippen LogP contribution in [-0.2, 0) is 6.42 Å². The highest BCUT2D eigenvalue weighted by Gasteiger charge is 2.21. The highest BCUT2D eigenvalue weighted by atomic mass is 32.1. The van der Waals surface area contributed by atoms with Crippen LogP contribution in [0, 0.1) is 11.6 Å². The number of aromatic nitrogens is 2. The molecule has 8 heteroatoms. The standard InChI is InChI=1S/C19H18F2N4OS/c1-11-5-6-25(19(22)27)10-13(11)16-9-23-12(8-24-16)7-17(26)18-14(20)3-2-4-15(18)21/h2-4,8-9H,5-7,10H2,1H3,(H2,22,27). The van der Waals surface area contributed by atoms with Gasteiger partial charge < -0.3 is 10.6 Å². The van der Waals surface area contributed by atoms with Crippen LogP contribution >= 0.6 is 12.2 Å². The van der Waals surface area contributed by atoms with Gasteiger partial charge in [-0.25, -0.2) is 8.78 Å². The number of Topliss-reactive ketones (excluding diaryl/α,β-unsaturated/α-hetero) is 1. The Morgan fingerprint density at radius 2 is 1.96 bits per heavy atom. The molecule has 0 radical (unpaired) electrons. The van der Waals surface area contributed by atoms with E-state index in [1.807, 2.05) is 11.8 Å². The van der Waals surface area contributed by atoms with E-state index < -0.39 is 23.0 Å². The first-order chi connectivity index (χ1) is 12.9. The molecule has 0 saturated heterocycles. The molecule has 2 N–H and O–H groups in total. The van der Waals surface area contributed by atoms with E-state index in [1.165, 1.54) is 17.8 Å². The van der Waals surface area contributed by atoms with Gasteiger partial charge in [0.05, 0.1) is 29.6 Å². The van der Waals surface area contributed by atoms with Gasteiger partial charge >= 0.3 is 0 Å². The lowest BCUT2D eigenvalue weighted by molar-refractivity contribution is 0.0983. The van der Waals surface area contributed by atoms with E-state index >= 15 is 0 Å². The van der Waals surface area contributed by atoms with E-state index in [0.29, 0.717) is 23.0 Å². The fourth-order valence-corrected chi connectivity index (χ4v) is 3.12. The van der Waals surface area contributed by atoms with Crippen molar-refractivity contribution in [1.29, 1.82) is 0 Å². The van der Waals surface area contributed by atoms with Crippen LogP contribution in [0.5, 0.6) is 0 Å². The molecule has 0 bridgehead atoms. The number of nitrogens with two attached hydrogens (primary N) is 1. The van der Waals surface area contributed by atoms with Crippen LogP contribution in [0.25, 0.3) is 5.57 Å². The fraction of sp³-hybridized carbons (Fsp3) is 0.263. The van der Waals surface area contributed by atoms with Gasteiger partial charge in [-0.1, -0.05) is 11.6 Å². The topological polar surface area (TPSA) is 72.1 Å². The number of carbonyl (C=O) groups excluding carboxylic acids is 1. The van der Waals surface area contributed by atoms with Gasteiger partial charge in [-0.15, -0.1) is 0 Å². The third-order valence-electron chi connectivity index (χ3n) is 4.53. The number of carbonyl (C=O) groups is 1. The molecule has 5 nitrogen and oxygen atoms in total. The summed E-state index contributed by atoms with van der Waals surface area (Å²) in [6.07, 6.45) is 3.59. The molecule has 2 heterocycles. The van der Waals surface area contributed by atoms with Crippen molar-refractivity contribution < 1.29 is 13.6 Å². The third-order valence-corrected chi connectivity index (χ3v) is 4.79. The molecule has 1 aromatic carbocycles. The summed E-state index contributed by atoms with van der Waals surface area (Å²) in [5.41, 5.74) is 8.33. The van der Waals surface area contributed by atoms with Crippen LogP contribution < -0.4 is 5.73 Å². The number of hydrogen-bond acceptors (Lipinski definition) is 4. The Balaban J connectivity index is 1.78. The van der Waals surface area contributed by atoms with E-state index in [-0.39, 0.29) is 6.42 Å². The summed E-state index contributed by atoms with van der Waals surface area (Å²) in [6, 6.07) is 3.32. The zero-order chi connectivity index (χ0) is 19.6. The highest BCUT2D eigenvalue weighted by molar-refractivity contribution is 7.80. The highest BCUT2D eigenvalue weighted by Crippen LogP contribution is 2.25. The summed E-state index contributed by atoms with van der Waals surface area (Å²) in [6.45, 7) is 3.33. The molecule has 140 valence electrons. The molecular formula is C19H18F2N4OS.